The van der Waals surface area contributed by atoms with Gasteiger partial charge in [-0.15, -0.1) is 13.2 Å². The maximum atomic E-state index is 10.6. The highest BCUT2D eigenvalue weighted by Crippen LogP contribution is 2.33. The monoisotopic (exact) mass is 462 g/mol. The van der Waals surface area contributed by atoms with Crippen molar-refractivity contribution in [3.63, 3.8) is 0 Å². The number of methoxy groups -OCH3 is 2. The lowest BCUT2D eigenvalue weighted by Crippen LogP contribution is -2.27. The third-order valence-corrected chi connectivity index (χ3v) is 6.03. The maximum absolute atomic E-state index is 10.6. The third kappa shape index (κ3) is 6.07. The zero-order valence-electron chi connectivity index (χ0n) is 20.0. The number of hydrogen-bond donors (Lipinski definition) is 2. The van der Waals surface area contributed by atoms with Gasteiger partial charge in [0, 0.05) is 23.6 Å². The lowest BCUT2D eigenvalue weighted by atomic mass is 9.91. The Labute approximate surface area is 202 Å². The topological polar surface area (TPSA) is 83.6 Å². The van der Waals surface area contributed by atoms with E-state index in [-0.39, 0.29) is 23.6 Å². The predicted octanol–water partition coefficient (Wildman–Crippen LogP) is 5.42. The molecule has 1 aliphatic carbocycles. The summed E-state index contributed by atoms with van der Waals surface area (Å²) in [4.78, 5) is 9.61. The van der Waals surface area contributed by atoms with Gasteiger partial charge in [0.05, 0.1) is 26.3 Å². The molecule has 0 aliphatic heterocycles. The second-order valence-electron chi connectivity index (χ2n) is 8.43. The molecule has 0 radical (unpaired) electrons. The first-order valence-corrected chi connectivity index (χ1v) is 11.6. The first-order chi connectivity index (χ1) is 16.5. The number of rotatable bonds is 10. The molecule has 0 spiro atoms. The molecule has 2 N–H and O–H groups in total. The van der Waals surface area contributed by atoms with Crippen LogP contribution in [0.2, 0.25) is 0 Å². The molecule has 180 valence electrons. The van der Waals surface area contributed by atoms with Gasteiger partial charge in [-0.25, -0.2) is 0 Å². The molecule has 6 nitrogen and oxygen atoms in total. The van der Waals surface area contributed by atoms with Crippen LogP contribution in [0.15, 0.2) is 59.6 Å². The van der Waals surface area contributed by atoms with E-state index in [9.17, 15) is 10.2 Å². The Kier molecular flexibility index (Phi) is 8.91. The second-order valence-corrected chi connectivity index (χ2v) is 8.43. The Morgan fingerprint density at radius 2 is 1.21 bits per heavy atom. The Bertz CT molecular complexity index is 989. The molecule has 1 aliphatic rings. The van der Waals surface area contributed by atoms with Crippen molar-refractivity contribution in [2.45, 2.75) is 50.6 Å². The Morgan fingerprint density at radius 1 is 0.794 bits per heavy atom. The van der Waals surface area contributed by atoms with Crippen LogP contribution in [0.1, 0.15) is 47.9 Å². The molecule has 1 saturated carbocycles. The van der Waals surface area contributed by atoms with E-state index in [2.05, 4.69) is 13.2 Å². The van der Waals surface area contributed by atoms with Gasteiger partial charge >= 0.3 is 0 Å². The molecule has 2 aromatic rings. The summed E-state index contributed by atoms with van der Waals surface area (Å²) < 4.78 is 10.6. The minimum Gasteiger partial charge on any atom is -0.504 e. The SMILES string of the molecule is C=CCc1cc(C=N[C@@H]2CCCC[C@H]2N=Cc2cc(CC=C)cc(OC)c2O)c(O)c(OC)c1. The fourth-order valence-corrected chi connectivity index (χ4v) is 4.25. The fraction of sp³-hybridized carbons (Fsp3) is 0.357. The lowest BCUT2D eigenvalue weighted by Gasteiger charge is -2.25. The zero-order valence-corrected chi connectivity index (χ0v) is 20.0. The molecule has 0 amide bonds. The van der Waals surface area contributed by atoms with Crippen LogP contribution in [0.3, 0.4) is 0 Å². The molecule has 0 unspecified atom stereocenters. The Morgan fingerprint density at radius 3 is 1.56 bits per heavy atom. The highest BCUT2D eigenvalue weighted by molar-refractivity contribution is 5.86. The smallest absolute Gasteiger partial charge is 0.166 e. The second kappa shape index (κ2) is 12.1. The van der Waals surface area contributed by atoms with Crippen LogP contribution in [-0.4, -0.2) is 48.9 Å². The van der Waals surface area contributed by atoms with Crippen LogP contribution in [0.25, 0.3) is 0 Å². The molecule has 0 aromatic heterocycles. The quantitative estimate of drug-likeness (QED) is 0.365. The van der Waals surface area contributed by atoms with Crippen LogP contribution in [0, 0.1) is 0 Å². The van der Waals surface area contributed by atoms with Crippen molar-refractivity contribution in [3.8, 4) is 23.0 Å². The molecule has 2 aromatic carbocycles. The van der Waals surface area contributed by atoms with E-state index in [1.54, 1.807) is 12.4 Å². The summed E-state index contributed by atoms with van der Waals surface area (Å²) in [5.41, 5.74) is 3.22. The fourth-order valence-electron chi connectivity index (χ4n) is 4.25. The number of hydrogen-bond acceptors (Lipinski definition) is 6. The predicted molar refractivity (Wildman–Crippen MR) is 138 cm³/mol. The van der Waals surface area contributed by atoms with Gasteiger partial charge in [-0.05, 0) is 61.1 Å². The minimum absolute atomic E-state index is 0.0150. The van der Waals surface area contributed by atoms with E-state index >= 15 is 0 Å². The standard InChI is InChI=1S/C28H34N2O4/c1-5-9-19-13-21(27(31)25(15-19)33-3)17-29-23-11-7-8-12-24(23)30-18-22-14-20(10-6-2)16-26(34-4)28(22)32/h5-6,13-18,23-24,31-32H,1-2,7-12H2,3-4H3/t23-,24-/m1/s1. The summed E-state index contributed by atoms with van der Waals surface area (Å²) >= 11 is 0. The summed E-state index contributed by atoms with van der Waals surface area (Å²) in [6.45, 7) is 7.58. The summed E-state index contributed by atoms with van der Waals surface area (Å²) in [5.74, 6) is 0.989. The van der Waals surface area contributed by atoms with Gasteiger partial charge in [0.1, 0.15) is 0 Å². The molecular formula is C28H34N2O4. The number of phenolic OH excluding ortho intramolecular Hbond substituents is 2. The largest absolute Gasteiger partial charge is 0.504 e. The highest BCUT2D eigenvalue weighted by atomic mass is 16.5. The average Bonchev–Trinajstić information content (AvgIpc) is 2.85. The molecule has 1 fully saturated rings. The van der Waals surface area contributed by atoms with Gasteiger partial charge in [0.15, 0.2) is 23.0 Å². The van der Waals surface area contributed by atoms with Crippen LogP contribution in [0.5, 0.6) is 23.0 Å². The summed E-state index contributed by atoms with van der Waals surface area (Å²) in [6.07, 6.45) is 12.4. The van der Waals surface area contributed by atoms with E-state index in [4.69, 9.17) is 19.5 Å². The van der Waals surface area contributed by atoms with Crippen molar-refractivity contribution in [2.75, 3.05) is 14.2 Å². The van der Waals surface area contributed by atoms with Crippen LogP contribution >= 0.6 is 0 Å². The van der Waals surface area contributed by atoms with Crippen LogP contribution in [0.4, 0.5) is 0 Å². The molecule has 0 heterocycles. The van der Waals surface area contributed by atoms with E-state index in [1.807, 2.05) is 36.4 Å². The molecular weight excluding hydrogens is 428 g/mol. The number of ether oxygens (including phenoxy) is 2. The van der Waals surface area contributed by atoms with Crippen molar-refractivity contribution in [2.24, 2.45) is 9.98 Å². The minimum atomic E-state index is -0.0150. The highest BCUT2D eigenvalue weighted by Gasteiger charge is 2.24. The first-order valence-electron chi connectivity index (χ1n) is 11.6. The van der Waals surface area contributed by atoms with Crippen LogP contribution < -0.4 is 9.47 Å². The van der Waals surface area contributed by atoms with Crippen LogP contribution in [-0.2, 0) is 12.8 Å². The molecule has 0 bridgehead atoms. The number of aliphatic imine (C=N–C) groups is 2. The number of phenols is 2. The van der Waals surface area contributed by atoms with E-state index in [1.165, 1.54) is 14.2 Å². The van der Waals surface area contributed by atoms with Crippen molar-refractivity contribution >= 4 is 12.4 Å². The number of benzene rings is 2. The van der Waals surface area contributed by atoms with E-state index in [0.29, 0.717) is 35.5 Å². The number of aromatic hydroxyl groups is 2. The van der Waals surface area contributed by atoms with Gasteiger partial charge in [-0.3, -0.25) is 9.98 Å². The van der Waals surface area contributed by atoms with Crippen molar-refractivity contribution in [1.82, 2.24) is 0 Å². The van der Waals surface area contributed by atoms with Gasteiger partial charge < -0.3 is 19.7 Å². The van der Waals surface area contributed by atoms with Crippen molar-refractivity contribution in [1.29, 1.82) is 0 Å². The van der Waals surface area contributed by atoms with Gasteiger partial charge in [0.25, 0.3) is 0 Å². The average molecular weight is 463 g/mol. The number of nitrogens with zero attached hydrogens (tertiary/aromatic N) is 2. The maximum Gasteiger partial charge on any atom is 0.166 e. The summed E-state index contributed by atoms with van der Waals surface area (Å²) in [7, 11) is 3.07. The Hall–Kier alpha value is -3.54. The molecule has 0 saturated heterocycles. The first kappa shape index (κ1) is 25.1. The van der Waals surface area contributed by atoms with Gasteiger partial charge in [0.2, 0.25) is 0 Å². The summed E-state index contributed by atoms with van der Waals surface area (Å²) in [6, 6.07) is 7.39. The van der Waals surface area contributed by atoms with E-state index < -0.39 is 0 Å². The van der Waals surface area contributed by atoms with Gasteiger partial charge in [-0.2, -0.15) is 0 Å². The zero-order chi connectivity index (χ0) is 24.5. The Balaban J connectivity index is 1.86. The number of allylic oxidation sites excluding steroid dienone is 2. The van der Waals surface area contributed by atoms with Crippen molar-refractivity contribution < 1.29 is 19.7 Å². The van der Waals surface area contributed by atoms with Crippen molar-refractivity contribution in [3.05, 3.63) is 71.8 Å². The normalized spacial score (nSPS) is 18.3. The molecule has 34 heavy (non-hydrogen) atoms. The molecule has 3 rings (SSSR count). The lowest BCUT2D eigenvalue weighted by molar-refractivity contribution is 0.372. The summed E-state index contributed by atoms with van der Waals surface area (Å²) in [5, 5.41) is 21.1. The molecule has 6 heteroatoms. The van der Waals surface area contributed by atoms with Gasteiger partial charge in [-0.1, -0.05) is 25.0 Å². The van der Waals surface area contributed by atoms with E-state index in [0.717, 1.165) is 36.8 Å². The third-order valence-electron chi connectivity index (χ3n) is 6.03. The molecule has 2 atom stereocenters.